The fourth-order valence-corrected chi connectivity index (χ4v) is 2.26. The van der Waals surface area contributed by atoms with Crippen molar-refractivity contribution in [3.05, 3.63) is 17.5 Å². The largest absolute Gasteiger partial charge is 0.504 e. The van der Waals surface area contributed by atoms with E-state index in [4.69, 9.17) is 10.5 Å². The highest BCUT2D eigenvalue weighted by molar-refractivity contribution is 7.18. The number of hydrogen-bond acceptors (Lipinski definition) is 4. The predicted octanol–water partition coefficient (Wildman–Crippen LogP) is 2.20. The summed E-state index contributed by atoms with van der Waals surface area (Å²) in [6.45, 7) is 0. The highest BCUT2D eigenvalue weighted by atomic mass is 32.1. The molecule has 0 atom stereocenters. The fraction of sp³-hybridized carbons (Fsp3) is 0.111. The maximum absolute atomic E-state index is 9.46. The molecule has 2 aromatic rings. The van der Waals surface area contributed by atoms with E-state index in [1.54, 1.807) is 12.1 Å². The van der Waals surface area contributed by atoms with Gasteiger partial charge in [0.1, 0.15) is 0 Å². The summed E-state index contributed by atoms with van der Waals surface area (Å²) in [7, 11) is 1.53. The molecule has 0 radical (unpaired) electrons. The van der Waals surface area contributed by atoms with Crippen molar-refractivity contribution in [2.45, 2.75) is 0 Å². The van der Waals surface area contributed by atoms with E-state index in [1.165, 1.54) is 18.4 Å². The lowest BCUT2D eigenvalue weighted by Gasteiger charge is -2.03. The van der Waals surface area contributed by atoms with Crippen LogP contribution in [0, 0.1) is 0 Å². The van der Waals surface area contributed by atoms with Crippen LogP contribution in [0.3, 0.4) is 0 Å². The summed E-state index contributed by atoms with van der Waals surface area (Å²) < 4.78 is 5.97. The lowest BCUT2D eigenvalue weighted by atomic mass is 10.2. The van der Waals surface area contributed by atoms with Gasteiger partial charge in [-0.05, 0) is 12.1 Å². The molecule has 0 saturated heterocycles. The van der Waals surface area contributed by atoms with Crippen molar-refractivity contribution in [1.82, 2.24) is 0 Å². The number of methoxy groups -OCH3 is 1. The number of phenolic OH excluding ortho intramolecular Hbond substituents is 1. The zero-order valence-electron chi connectivity index (χ0n) is 7.07. The number of phenols is 1. The molecule has 3 nitrogen and oxygen atoms in total. The average molecular weight is 195 g/mol. The minimum absolute atomic E-state index is 0.150. The molecule has 0 aliphatic carbocycles. The van der Waals surface area contributed by atoms with Gasteiger partial charge in [0.15, 0.2) is 11.5 Å². The molecule has 1 aromatic carbocycles. The van der Waals surface area contributed by atoms with Crippen LogP contribution < -0.4 is 10.5 Å². The number of nitrogens with two attached hydrogens (primary N) is 1. The van der Waals surface area contributed by atoms with Crippen molar-refractivity contribution < 1.29 is 9.84 Å². The molecule has 3 N–H and O–H groups in total. The molecule has 0 aliphatic rings. The summed E-state index contributed by atoms with van der Waals surface area (Å²) in [6, 6.07) is 3.38. The number of rotatable bonds is 1. The first-order valence-corrected chi connectivity index (χ1v) is 4.64. The van der Waals surface area contributed by atoms with Crippen molar-refractivity contribution in [3.8, 4) is 11.5 Å². The zero-order valence-corrected chi connectivity index (χ0v) is 7.89. The predicted molar refractivity (Wildman–Crippen MR) is 54.5 cm³/mol. The SMILES string of the molecule is COc1c(O)ccc2c(N)csc12. The van der Waals surface area contributed by atoms with E-state index in [9.17, 15) is 5.11 Å². The van der Waals surface area contributed by atoms with Crippen LogP contribution in [0.5, 0.6) is 11.5 Å². The minimum atomic E-state index is 0.150. The van der Waals surface area contributed by atoms with Crippen LogP contribution in [-0.4, -0.2) is 12.2 Å². The van der Waals surface area contributed by atoms with Crippen molar-refractivity contribution in [2.24, 2.45) is 0 Å². The number of aromatic hydroxyl groups is 1. The van der Waals surface area contributed by atoms with Gasteiger partial charge in [0.25, 0.3) is 0 Å². The second kappa shape index (κ2) is 2.81. The molecule has 0 unspecified atom stereocenters. The average Bonchev–Trinajstić information content (AvgIpc) is 2.48. The summed E-state index contributed by atoms with van der Waals surface area (Å²) in [5, 5.41) is 12.2. The lowest BCUT2D eigenvalue weighted by molar-refractivity contribution is 0.378. The Morgan fingerprint density at radius 1 is 1.46 bits per heavy atom. The third-order valence-electron chi connectivity index (χ3n) is 1.91. The third-order valence-corrected chi connectivity index (χ3v) is 2.92. The van der Waals surface area contributed by atoms with Crippen LogP contribution in [-0.2, 0) is 0 Å². The second-order valence-corrected chi connectivity index (χ2v) is 3.57. The molecule has 1 aromatic heterocycles. The minimum Gasteiger partial charge on any atom is -0.504 e. The van der Waals surface area contributed by atoms with Gasteiger partial charge in [-0.3, -0.25) is 0 Å². The van der Waals surface area contributed by atoms with Gasteiger partial charge in [-0.2, -0.15) is 0 Å². The monoisotopic (exact) mass is 195 g/mol. The molecule has 4 heteroatoms. The van der Waals surface area contributed by atoms with Gasteiger partial charge in [0.2, 0.25) is 0 Å². The van der Waals surface area contributed by atoms with Crippen molar-refractivity contribution in [2.75, 3.05) is 12.8 Å². The fourth-order valence-electron chi connectivity index (χ4n) is 1.28. The Hall–Kier alpha value is -1.42. The van der Waals surface area contributed by atoms with Crippen LogP contribution in [0.25, 0.3) is 10.1 Å². The summed E-state index contributed by atoms with van der Waals surface area (Å²) in [5.74, 6) is 0.649. The van der Waals surface area contributed by atoms with Gasteiger partial charge >= 0.3 is 0 Å². The summed E-state index contributed by atoms with van der Waals surface area (Å²) in [6.07, 6.45) is 0. The molecule has 0 spiro atoms. The third kappa shape index (κ3) is 1.10. The number of benzene rings is 1. The van der Waals surface area contributed by atoms with E-state index in [0.29, 0.717) is 5.75 Å². The van der Waals surface area contributed by atoms with Crippen LogP contribution in [0.2, 0.25) is 0 Å². The Bertz CT molecular complexity index is 450. The van der Waals surface area contributed by atoms with Crippen LogP contribution in [0.1, 0.15) is 0 Å². The van der Waals surface area contributed by atoms with E-state index >= 15 is 0 Å². The molecule has 13 heavy (non-hydrogen) atoms. The molecule has 1 heterocycles. The van der Waals surface area contributed by atoms with E-state index < -0.39 is 0 Å². The molecule has 0 fully saturated rings. The Morgan fingerprint density at radius 3 is 2.92 bits per heavy atom. The first-order chi connectivity index (χ1) is 6.24. The van der Waals surface area contributed by atoms with Crippen LogP contribution in [0.4, 0.5) is 5.69 Å². The van der Waals surface area contributed by atoms with Gasteiger partial charge in [-0.1, -0.05) is 0 Å². The smallest absolute Gasteiger partial charge is 0.178 e. The maximum atomic E-state index is 9.46. The number of fused-ring (bicyclic) bond motifs is 1. The van der Waals surface area contributed by atoms with Crippen molar-refractivity contribution in [3.63, 3.8) is 0 Å². The Labute approximate surface area is 79.4 Å². The van der Waals surface area contributed by atoms with E-state index in [0.717, 1.165) is 15.8 Å². The Morgan fingerprint density at radius 2 is 2.23 bits per heavy atom. The zero-order chi connectivity index (χ0) is 9.42. The van der Waals surface area contributed by atoms with Crippen molar-refractivity contribution in [1.29, 1.82) is 0 Å². The maximum Gasteiger partial charge on any atom is 0.178 e. The van der Waals surface area contributed by atoms with E-state index in [2.05, 4.69) is 0 Å². The van der Waals surface area contributed by atoms with Crippen LogP contribution >= 0.6 is 11.3 Å². The first kappa shape index (κ1) is 8.19. The highest BCUT2D eigenvalue weighted by Gasteiger charge is 2.10. The lowest BCUT2D eigenvalue weighted by Crippen LogP contribution is -1.85. The van der Waals surface area contributed by atoms with Crippen molar-refractivity contribution >= 4 is 27.1 Å². The molecular formula is C9H9NO2S. The number of nitrogen functional groups attached to an aromatic ring is 1. The quantitative estimate of drug-likeness (QED) is 0.733. The number of hydrogen-bond donors (Lipinski definition) is 2. The van der Waals surface area contributed by atoms with Crippen LogP contribution in [0.15, 0.2) is 17.5 Å². The molecule has 0 saturated carbocycles. The van der Waals surface area contributed by atoms with Gasteiger partial charge in [-0.15, -0.1) is 11.3 Å². The molecule has 68 valence electrons. The molecular weight excluding hydrogens is 186 g/mol. The van der Waals surface area contributed by atoms with Gasteiger partial charge in [0.05, 0.1) is 17.5 Å². The normalized spacial score (nSPS) is 10.5. The van der Waals surface area contributed by atoms with Gasteiger partial charge in [-0.25, -0.2) is 0 Å². The summed E-state index contributed by atoms with van der Waals surface area (Å²) in [5.41, 5.74) is 6.44. The number of anilines is 1. The topological polar surface area (TPSA) is 55.5 Å². The molecule has 0 aliphatic heterocycles. The molecule has 0 bridgehead atoms. The summed E-state index contributed by atoms with van der Waals surface area (Å²) >= 11 is 1.47. The highest BCUT2D eigenvalue weighted by Crippen LogP contribution is 2.40. The molecule has 2 rings (SSSR count). The van der Waals surface area contributed by atoms with E-state index in [1.807, 2.05) is 5.38 Å². The summed E-state index contributed by atoms with van der Waals surface area (Å²) in [4.78, 5) is 0. The second-order valence-electron chi connectivity index (χ2n) is 2.69. The molecule has 0 amide bonds. The van der Waals surface area contributed by atoms with Gasteiger partial charge in [0, 0.05) is 10.8 Å². The Balaban J connectivity index is 2.85. The Kier molecular flexibility index (Phi) is 1.77. The number of thiophene rings is 1. The first-order valence-electron chi connectivity index (χ1n) is 3.76. The standard InChI is InChI=1S/C9H9NO2S/c1-12-8-7(11)3-2-5-6(10)4-13-9(5)8/h2-4,11H,10H2,1H3. The van der Waals surface area contributed by atoms with E-state index in [-0.39, 0.29) is 5.75 Å². The number of ether oxygens (including phenoxy) is 1. The van der Waals surface area contributed by atoms with Gasteiger partial charge < -0.3 is 15.6 Å².